The van der Waals surface area contributed by atoms with E-state index in [9.17, 15) is 5.11 Å². The van der Waals surface area contributed by atoms with Gasteiger partial charge in [0.2, 0.25) is 0 Å². The Morgan fingerprint density at radius 1 is 0.875 bits per heavy atom. The van der Waals surface area contributed by atoms with E-state index in [0.717, 1.165) is 57.7 Å². The number of nitrogens with zero attached hydrogens (tertiary/aromatic N) is 2. The summed E-state index contributed by atoms with van der Waals surface area (Å²) in [7, 11) is 0. The Balaban J connectivity index is 1.29. The van der Waals surface area contributed by atoms with Crippen molar-refractivity contribution >= 4 is 71.0 Å². The van der Waals surface area contributed by atoms with Crippen molar-refractivity contribution < 1.29 is 10.0 Å². The molecule has 4 nitrogen and oxygen atoms in total. The minimum absolute atomic E-state index is 0.404. The van der Waals surface area contributed by atoms with Crippen LogP contribution in [0.25, 0.3) is 21.8 Å². The molecule has 2 N–H and O–H groups in total. The molecule has 0 spiro atoms. The molecule has 0 unspecified atom stereocenters. The number of aromatic nitrogens is 1. The first-order valence-corrected chi connectivity index (χ1v) is 12.8. The second-order valence-electron chi connectivity index (χ2n) is 8.50. The van der Waals surface area contributed by atoms with Crippen molar-refractivity contribution in [3.63, 3.8) is 0 Å². The van der Waals surface area contributed by atoms with Crippen LogP contribution < -0.4 is 9.80 Å². The number of aliphatic hydroxyl groups excluding tert-OH is 1. The summed E-state index contributed by atoms with van der Waals surface area (Å²) in [5.41, 5.74) is 3.53. The van der Waals surface area contributed by atoms with Gasteiger partial charge in [-0.25, -0.2) is 0 Å². The predicted octanol–water partition coefficient (Wildman–Crippen LogP) is 4.74. The molecule has 5 rings (SSSR count). The van der Waals surface area contributed by atoms with Gasteiger partial charge in [-0.1, -0.05) is 43.5 Å². The molecular weight excluding hydrogens is 554 g/mol. The van der Waals surface area contributed by atoms with Gasteiger partial charge in [-0.15, -0.1) is 0 Å². The number of piperazine rings is 1. The van der Waals surface area contributed by atoms with Gasteiger partial charge in [0.05, 0.1) is 32.7 Å². The van der Waals surface area contributed by atoms with Crippen molar-refractivity contribution in [3.05, 3.63) is 74.6 Å². The quantitative estimate of drug-likeness (QED) is 0.359. The zero-order valence-corrected chi connectivity index (χ0v) is 21.5. The van der Waals surface area contributed by atoms with Crippen LogP contribution in [0.5, 0.6) is 0 Å². The van der Waals surface area contributed by atoms with Gasteiger partial charge in [0.25, 0.3) is 0 Å². The fourth-order valence-corrected chi connectivity index (χ4v) is 5.64. The summed E-state index contributed by atoms with van der Waals surface area (Å²) in [5.74, 6) is 0. The monoisotopic (exact) mass is 576 g/mol. The SMILES string of the molecule is O[C@H](Cn1c2ccc(Br)cc2c2cc(Br)ccc21)C[NH+]1CCN(c2ccc(Cl)cc2)CC1. The summed E-state index contributed by atoms with van der Waals surface area (Å²) in [6.45, 7) is 5.36. The zero-order chi connectivity index (χ0) is 22.2. The van der Waals surface area contributed by atoms with Gasteiger partial charge in [0.15, 0.2) is 0 Å². The van der Waals surface area contributed by atoms with E-state index in [1.54, 1.807) is 0 Å². The van der Waals surface area contributed by atoms with Crippen molar-refractivity contribution in [2.24, 2.45) is 0 Å². The van der Waals surface area contributed by atoms with Crippen LogP contribution in [0.2, 0.25) is 5.02 Å². The number of nitrogens with one attached hydrogen (secondary N) is 1. The Morgan fingerprint density at radius 2 is 1.44 bits per heavy atom. The molecule has 0 radical (unpaired) electrons. The molecule has 0 amide bonds. The molecule has 32 heavy (non-hydrogen) atoms. The highest BCUT2D eigenvalue weighted by Gasteiger charge is 2.24. The Hall–Kier alpha value is -1.57. The van der Waals surface area contributed by atoms with Gasteiger partial charge in [0.1, 0.15) is 12.6 Å². The largest absolute Gasteiger partial charge is 0.385 e. The minimum atomic E-state index is -0.404. The second-order valence-corrected chi connectivity index (χ2v) is 10.8. The number of fused-ring (bicyclic) bond motifs is 3. The average molecular weight is 579 g/mol. The third kappa shape index (κ3) is 4.57. The van der Waals surface area contributed by atoms with Crippen LogP contribution in [0.3, 0.4) is 0 Å². The number of rotatable bonds is 5. The minimum Gasteiger partial charge on any atom is -0.385 e. The fourth-order valence-electron chi connectivity index (χ4n) is 4.79. The van der Waals surface area contributed by atoms with Crippen LogP contribution in [0.4, 0.5) is 5.69 Å². The van der Waals surface area contributed by atoms with Crippen LogP contribution in [-0.4, -0.2) is 48.5 Å². The van der Waals surface area contributed by atoms with Crippen LogP contribution in [0, 0.1) is 0 Å². The Bertz CT molecular complexity index is 1190. The Labute approximate surface area is 209 Å². The maximum Gasteiger partial charge on any atom is 0.121 e. The summed E-state index contributed by atoms with van der Waals surface area (Å²) in [5, 5.41) is 14.2. The van der Waals surface area contributed by atoms with Crippen molar-refractivity contribution in [2.45, 2.75) is 12.6 Å². The zero-order valence-electron chi connectivity index (χ0n) is 17.6. The highest BCUT2D eigenvalue weighted by Crippen LogP contribution is 2.33. The Kier molecular flexibility index (Phi) is 6.50. The summed E-state index contributed by atoms with van der Waals surface area (Å²) >= 11 is 13.2. The molecule has 2 heterocycles. The van der Waals surface area contributed by atoms with E-state index >= 15 is 0 Å². The number of halogens is 3. The van der Waals surface area contributed by atoms with Crippen molar-refractivity contribution in [3.8, 4) is 0 Å². The smallest absolute Gasteiger partial charge is 0.121 e. The third-order valence-electron chi connectivity index (χ3n) is 6.37. The molecule has 166 valence electrons. The van der Waals surface area contributed by atoms with Crippen molar-refractivity contribution in [1.29, 1.82) is 0 Å². The van der Waals surface area contributed by atoms with E-state index in [-0.39, 0.29) is 0 Å². The first-order chi connectivity index (χ1) is 15.5. The number of anilines is 1. The van der Waals surface area contributed by atoms with E-state index in [2.05, 4.69) is 89.9 Å². The van der Waals surface area contributed by atoms with E-state index in [1.165, 1.54) is 21.4 Å². The van der Waals surface area contributed by atoms with Crippen molar-refractivity contribution in [2.75, 3.05) is 37.6 Å². The molecule has 1 atom stereocenters. The second kappa shape index (κ2) is 9.35. The molecule has 1 saturated heterocycles. The van der Waals surface area contributed by atoms with Gasteiger partial charge in [0, 0.05) is 41.5 Å². The highest BCUT2D eigenvalue weighted by atomic mass is 79.9. The molecule has 7 heteroatoms. The Morgan fingerprint density at radius 3 is 2.00 bits per heavy atom. The molecule has 3 aromatic carbocycles. The van der Waals surface area contributed by atoms with Gasteiger partial charge in [-0.05, 0) is 60.7 Å². The van der Waals surface area contributed by atoms with Gasteiger partial charge < -0.3 is 19.5 Å². The molecule has 0 bridgehead atoms. The summed E-state index contributed by atoms with van der Waals surface area (Å²) in [6.07, 6.45) is -0.404. The van der Waals surface area contributed by atoms with Crippen molar-refractivity contribution in [1.82, 2.24) is 4.57 Å². The standard InChI is InChI=1S/C25H24Br2ClN3O/c26-17-1-7-24-22(13-17)23-14-18(27)2-8-25(23)31(24)16-21(32)15-29-9-11-30(12-10-29)20-5-3-19(28)4-6-20/h1-8,13-14,21,32H,9-12,15-16H2/p+1/t21-/m0/s1. The molecule has 0 saturated carbocycles. The van der Waals surface area contributed by atoms with Crippen LogP contribution in [0.15, 0.2) is 69.6 Å². The molecule has 1 aliphatic rings. The number of hydrogen-bond donors (Lipinski definition) is 2. The molecule has 4 aromatic rings. The maximum atomic E-state index is 11.0. The van der Waals surface area contributed by atoms with E-state index in [4.69, 9.17) is 11.6 Å². The predicted molar refractivity (Wildman–Crippen MR) is 140 cm³/mol. The summed E-state index contributed by atoms with van der Waals surface area (Å²) in [6, 6.07) is 20.8. The van der Waals surface area contributed by atoms with E-state index in [0.29, 0.717) is 6.54 Å². The number of benzene rings is 3. The molecule has 1 aliphatic heterocycles. The summed E-state index contributed by atoms with van der Waals surface area (Å²) in [4.78, 5) is 3.85. The van der Waals surface area contributed by atoms with E-state index in [1.807, 2.05) is 12.1 Å². The van der Waals surface area contributed by atoms with Crippen LogP contribution in [-0.2, 0) is 6.54 Å². The highest BCUT2D eigenvalue weighted by molar-refractivity contribution is 9.10. The number of quaternary nitrogens is 1. The first-order valence-electron chi connectivity index (χ1n) is 10.9. The lowest BCUT2D eigenvalue weighted by molar-refractivity contribution is -0.903. The third-order valence-corrected chi connectivity index (χ3v) is 7.61. The normalized spacial score (nSPS) is 16.2. The molecule has 1 fully saturated rings. The van der Waals surface area contributed by atoms with Gasteiger partial charge in [-0.2, -0.15) is 0 Å². The summed E-state index contributed by atoms with van der Waals surface area (Å²) < 4.78 is 4.39. The topological polar surface area (TPSA) is 32.8 Å². The fraction of sp³-hybridized carbons (Fsp3) is 0.280. The average Bonchev–Trinajstić information content (AvgIpc) is 3.07. The number of hydrogen-bond acceptors (Lipinski definition) is 2. The van der Waals surface area contributed by atoms with Gasteiger partial charge in [-0.3, -0.25) is 0 Å². The van der Waals surface area contributed by atoms with Crippen LogP contribution in [0.1, 0.15) is 0 Å². The molecule has 0 aliphatic carbocycles. The molecule has 1 aromatic heterocycles. The van der Waals surface area contributed by atoms with Gasteiger partial charge >= 0.3 is 0 Å². The lowest BCUT2D eigenvalue weighted by Gasteiger charge is -2.34. The maximum absolute atomic E-state index is 11.0. The number of aliphatic hydroxyl groups is 1. The molecular formula is C25H25Br2ClN3O+. The lowest BCUT2D eigenvalue weighted by atomic mass is 10.2. The first kappa shape index (κ1) is 22.2. The van der Waals surface area contributed by atoms with E-state index < -0.39 is 6.10 Å². The lowest BCUT2D eigenvalue weighted by Crippen LogP contribution is -3.15. The van der Waals surface area contributed by atoms with Crippen LogP contribution >= 0.6 is 43.5 Å².